The van der Waals surface area contributed by atoms with Crippen LogP contribution >= 0.6 is 0 Å². The van der Waals surface area contributed by atoms with Gasteiger partial charge in [-0.2, -0.15) is 57.1 Å². The van der Waals surface area contributed by atoms with Gasteiger partial charge in [0.25, 0.3) is 0 Å². The van der Waals surface area contributed by atoms with Crippen LogP contribution in [-0.4, -0.2) is 41.4 Å². The standard InChI is InChI=1S/C11H9F13O2/c12-7(13,8(14,15)11(22,23)24)6(9(16,17)18,10(19,20)21)4-2-1-3-5(25)26/h1-4H2,(H,25,26). The summed E-state index contributed by atoms with van der Waals surface area (Å²) >= 11 is 0. The lowest BCUT2D eigenvalue weighted by Gasteiger charge is -2.45. The molecule has 1 N–H and O–H groups in total. The smallest absolute Gasteiger partial charge is 0.459 e. The van der Waals surface area contributed by atoms with Gasteiger partial charge in [0.05, 0.1) is 0 Å². The van der Waals surface area contributed by atoms with Crippen molar-refractivity contribution in [2.24, 2.45) is 5.41 Å². The number of carbonyl (C=O) groups is 1. The SMILES string of the molecule is O=C(O)CCCCC(C(F)(F)F)(C(F)(F)F)C(F)(F)C(F)(F)C(F)(F)F. The molecule has 0 unspecified atom stereocenters. The molecule has 0 bridgehead atoms. The van der Waals surface area contributed by atoms with Crippen LogP contribution < -0.4 is 0 Å². The summed E-state index contributed by atoms with van der Waals surface area (Å²) in [7, 11) is 0. The van der Waals surface area contributed by atoms with Gasteiger partial charge in [0.1, 0.15) is 0 Å². The number of hydrogen-bond donors (Lipinski definition) is 1. The van der Waals surface area contributed by atoms with Gasteiger partial charge in [-0.05, 0) is 12.8 Å². The first kappa shape index (κ1) is 24.6. The normalized spacial score (nSPS) is 15.3. The fraction of sp³-hybridized carbons (Fsp3) is 0.909. The first-order chi connectivity index (χ1) is 11.2. The Morgan fingerprint density at radius 3 is 1.27 bits per heavy atom. The van der Waals surface area contributed by atoms with E-state index in [1.54, 1.807) is 0 Å². The molecule has 0 heterocycles. The Morgan fingerprint density at radius 2 is 1.00 bits per heavy atom. The Bertz CT molecular complexity index is 486. The van der Waals surface area contributed by atoms with Crippen molar-refractivity contribution in [3.63, 3.8) is 0 Å². The monoisotopic (exact) mass is 420 g/mol. The third-order valence-electron chi connectivity index (χ3n) is 3.45. The Hall–Kier alpha value is -1.44. The molecule has 0 amide bonds. The number of unbranched alkanes of at least 4 members (excludes halogenated alkanes) is 1. The minimum Gasteiger partial charge on any atom is -0.481 e. The molecule has 0 aliphatic rings. The summed E-state index contributed by atoms with van der Waals surface area (Å²) in [5.41, 5.74) is -6.75. The predicted octanol–water partition coefficient (Wildman–Crippen LogP) is 5.58. The van der Waals surface area contributed by atoms with Gasteiger partial charge in [-0.15, -0.1) is 0 Å². The quantitative estimate of drug-likeness (QED) is 0.432. The van der Waals surface area contributed by atoms with Crippen LogP contribution in [0.1, 0.15) is 25.7 Å². The average Bonchev–Trinajstić information content (AvgIpc) is 2.32. The molecule has 156 valence electrons. The van der Waals surface area contributed by atoms with Gasteiger partial charge in [-0.3, -0.25) is 4.79 Å². The minimum absolute atomic E-state index is 1.10. The number of aliphatic carboxylic acids is 1. The van der Waals surface area contributed by atoms with Gasteiger partial charge in [-0.1, -0.05) is 6.42 Å². The van der Waals surface area contributed by atoms with E-state index in [0.29, 0.717) is 0 Å². The van der Waals surface area contributed by atoms with Crippen molar-refractivity contribution < 1.29 is 67.0 Å². The van der Waals surface area contributed by atoms with Crippen LogP contribution in [0.2, 0.25) is 0 Å². The van der Waals surface area contributed by atoms with E-state index in [0.717, 1.165) is 0 Å². The van der Waals surface area contributed by atoms with Crippen LogP contribution in [0.4, 0.5) is 57.1 Å². The molecule has 0 fully saturated rings. The number of carboxylic acid groups (broad SMARTS) is 1. The van der Waals surface area contributed by atoms with E-state index in [1.165, 1.54) is 0 Å². The summed E-state index contributed by atoms with van der Waals surface area (Å²) in [6.07, 6.45) is -28.7. The average molecular weight is 420 g/mol. The van der Waals surface area contributed by atoms with Crippen LogP contribution in [0.15, 0.2) is 0 Å². The highest BCUT2D eigenvalue weighted by Crippen LogP contribution is 2.67. The molecule has 0 aliphatic carbocycles. The maximum absolute atomic E-state index is 13.6. The summed E-state index contributed by atoms with van der Waals surface area (Å²) < 4.78 is 166. The molecule has 0 aliphatic heterocycles. The molecule has 0 atom stereocenters. The minimum atomic E-state index is -7.67. The lowest BCUT2D eigenvalue weighted by atomic mass is 9.72. The first-order valence-corrected chi connectivity index (χ1v) is 6.34. The summed E-state index contributed by atoms with van der Waals surface area (Å²) in [5.74, 6) is -17.1. The maximum Gasteiger partial charge on any atom is 0.459 e. The van der Waals surface area contributed by atoms with Crippen molar-refractivity contribution in [3.05, 3.63) is 0 Å². The van der Waals surface area contributed by atoms with Crippen molar-refractivity contribution in [2.45, 2.75) is 56.1 Å². The molecule has 0 saturated heterocycles. The molecular formula is C11H9F13O2. The van der Waals surface area contributed by atoms with E-state index in [-0.39, 0.29) is 0 Å². The number of halogens is 13. The van der Waals surface area contributed by atoms with Crippen LogP contribution in [0.3, 0.4) is 0 Å². The molecule has 0 aromatic carbocycles. The summed E-state index contributed by atoms with van der Waals surface area (Å²) in [4.78, 5) is 10.1. The zero-order valence-electron chi connectivity index (χ0n) is 12.1. The van der Waals surface area contributed by atoms with E-state index >= 15 is 0 Å². The Labute approximate surface area is 135 Å². The lowest BCUT2D eigenvalue weighted by Crippen LogP contribution is -2.70. The van der Waals surface area contributed by atoms with Crippen molar-refractivity contribution in [1.82, 2.24) is 0 Å². The van der Waals surface area contributed by atoms with Gasteiger partial charge < -0.3 is 5.11 Å². The highest BCUT2D eigenvalue weighted by Gasteiger charge is 2.91. The first-order valence-electron chi connectivity index (χ1n) is 6.34. The molecule has 0 saturated carbocycles. The molecule has 26 heavy (non-hydrogen) atoms. The van der Waals surface area contributed by atoms with E-state index in [1.807, 2.05) is 0 Å². The third-order valence-corrected chi connectivity index (χ3v) is 3.45. The summed E-state index contributed by atoms with van der Waals surface area (Å²) in [6.45, 7) is 0. The molecule has 15 heteroatoms. The molecule has 0 radical (unpaired) electrons. The largest absolute Gasteiger partial charge is 0.481 e. The van der Waals surface area contributed by atoms with Crippen molar-refractivity contribution in [2.75, 3.05) is 0 Å². The van der Waals surface area contributed by atoms with Gasteiger partial charge >= 0.3 is 36.3 Å². The van der Waals surface area contributed by atoms with Crippen LogP contribution in [0, 0.1) is 5.41 Å². The molecule has 0 aromatic heterocycles. The van der Waals surface area contributed by atoms with Gasteiger partial charge in [0.2, 0.25) is 5.41 Å². The van der Waals surface area contributed by atoms with E-state index in [2.05, 4.69) is 0 Å². The van der Waals surface area contributed by atoms with E-state index in [9.17, 15) is 61.9 Å². The van der Waals surface area contributed by atoms with Crippen LogP contribution in [0.25, 0.3) is 0 Å². The molecular weight excluding hydrogens is 411 g/mol. The fourth-order valence-electron chi connectivity index (χ4n) is 2.07. The Morgan fingerprint density at radius 1 is 0.615 bits per heavy atom. The zero-order valence-corrected chi connectivity index (χ0v) is 12.1. The van der Waals surface area contributed by atoms with Crippen LogP contribution in [-0.2, 0) is 4.79 Å². The van der Waals surface area contributed by atoms with Crippen LogP contribution in [0.5, 0.6) is 0 Å². The topological polar surface area (TPSA) is 37.3 Å². The third kappa shape index (κ3) is 3.94. The highest BCUT2D eigenvalue weighted by molar-refractivity contribution is 5.66. The Kier molecular flexibility index (Phi) is 6.56. The molecule has 0 rings (SSSR count). The van der Waals surface area contributed by atoms with Gasteiger partial charge in [0.15, 0.2) is 0 Å². The second kappa shape index (κ2) is 6.94. The Balaban J connectivity index is 6.43. The number of alkyl halides is 13. The van der Waals surface area contributed by atoms with Crippen molar-refractivity contribution >= 4 is 5.97 Å². The van der Waals surface area contributed by atoms with E-state index in [4.69, 9.17) is 5.11 Å². The molecule has 0 aromatic rings. The van der Waals surface area contributed by atoms with Crippen molar-refractivity contribution in [1.29, 1.82) is 0 Å². The molecule has 0 spiro atoms. The number of hydrogen-bond acceptors (Lipinski definition) is 1. The predicted molar refractivity (Wildman–Crippen MR) is 56.6 cm³/mol. The maximum atomic E-state index is 13.6. The van der Waals surface area contributed by atoms with Gasteiger partial charge in [-0.25, -0.2) is 0 Å². The van der Waals surface area contributed by atoms with E-state index < -0.39 is 67.4 Å². The molecule has 2 nitrogen and oxygen atoms in total. The highest BCUT2D eigenvalue weighted by atomic mass is 19.4. The fourth-order valence-corrected chi connectivity index (χ4v) is 2.07. The number of carboxylic acids is 1. The van der Waals surface area contributed by atoms with Gasteiger partial charge in [0, 0.05) is 6.42 Å². The number of rotatable bonds is 7. The van der Waals surface area contributed by atoms with Crippen molar-refractivity contribution in [3.8, 4) is 0 Å². The second-order valence-electron chi connectivity index (χ2n) is 5.15. The summed E-state index contributed by atoms with van der Waals surface area (Å²) in [6, 6.07) is 0. The second-order valence-corrected chi connectivity index (χ2v) is 5.15. The lowest BCUT2D eigenvalue weighted by molar-refractivity contribution is -0.461. The summed E-state index contributed by atoms with van der Waals surface area (Å²) in [5, 5.41) is 8.20. The zero-order chi connectivity index (χ0) is 21.4.